The van der Waals surface area contributed by atoms with E-state index in [4.69, 9.17) is 10.5 Å². The Kier molecular flexibility index (Phi) is 3.82. The Balaban J connectivity index is 2.96. The van der Waals surface area contributed by atoms with Crippen molar-refractivity contribution in [2.45, 2.75) is 26.4 Å². The van der Waals surface area contributed by atoms with Crippen LogP contribution in [0.5, 0.6) is 0 Å². The standard InChI is InChI=1S/C11H13F2NO2/c1-3-6(2)16-11(15)7-4-9(13)10(14)5-8(7)12/h4-6H,3,14H2,1-2H3. The lowest BCUT2D eigenvalue weighted by Crippen LogP contribution is -2.15. The Hall–Kier alpha value is -1.65. The van der Waals surface area contributed by atoms with Gasteiger partial charge in [0.05, 0.1) is 17.4 Å². The Labute approximate surface area is 92.2 Å². The normalized spacial score (nSPS) is 12.2. The van der Waals surface area contributed by atoms with Gasteiger partial charge in [-0.05, 0) is 19.4 Å². The molecule has 1 aromatic rings. The number of benzene rings is 1. The van der Waals surface area contributed by atoms with Crippen LogP contribution in [0.4, 0.5) is 14.5 Å². The van der Waals surface area contributed by atoms with Gasteiger partial charge in [-0.2, -0.15) is 0 Å². The second-order valence-corrected chi connectivity index (χ2v) is 3.48. The van der Waals surface area contributed by atoms with Gasteiger partial charge in [0.15, 0.2) is 0 Å². The molecule has 16 heavy (non-hydrogen) atoms. The molecule has 0 saturated heterocycles. The van der Waals surface area contributed by atoms with Crippen molar-refractivity contribution in [3.8, 4) is 0 Å². The molecular formula is C11H13F2NO2. The molecule has 1 rings (SSSR count). The van der Waals surface area contributed by atoms with Gasteiger partial charge in [-0.3, -0.25) is 0 Å². The highest BCUT2D eigenvalue weighted by atomic mass is 19.1. The van der Waals surface area contributed by atoms with E-state index < -0.39 is 23.2 Å². The highest BCUT2D eigenvalue weighted by molar-refractivity contribution is 5.90. The summed E-state index contributed by atoms with van der Waals surface area (Å²) in [7, 11) is 0. The Bertz CT molecular complexity index is 407. The number of rotatable bonds is 3. The van der Waals surface area contributed by atoms with Gasteiger partial charge in [-0.25, -0.2) is 13.6 Å². The van der Waals surface area contributed by atoms with Gasteiger partial charge >= 0.3 is 5.97 Å². The lowest BCUT2D eigenvalue weighted by atomic mass is 10.2. The van der Waals surface area contributed by atoms with E-state index in [1.807, 2.05) is 6.92 Å². The summed E-state index contributed by atoms with van der Waals surface area (Å²) >= 11 is 0. The van der Waals surface area contributed by atoms with Crippen LogP contribution in [0.15, 0.2) is 12.1 Å². The fraction of sp³-hybridized carbons (Fsp3) is 0.364. The zero-order chi connectivity index (χ0) is 12.3. The van der Waals surface area contributed by atoms with Crippen molar-refractivity contribution < 1.29 is 18.3 Å². The van der Waals surface area contributed by atoms with E-state index in [1.54, 1.807) is 6.92 Å². The molecule has 0 amide bonds. The largest absolute Gasteiger partial charge is 0.459 e. The minimum Gasteiger partial charge on any atom is -0.459 e. The van der Waals surface area contributed by atoms with Gasteiger partial charge < -0.3 is 10.5 Å². The summed E-state index contributed by atoms with van der Waals surface area (Å²) in [5, 5.41) is 0. The molecule has 0 radical (unpaired) electrons. The molecule has 1 atom stereocenters. The monoisotopic (exact) mass is 229 g/mol. The second-order valence-electron chi connectivity index (χ2n) is 3.48. The third-order valence-electron chi connectivity index (χ3n) is 2.19. The van der Waals surface area contributed by atoms with Crippen molar-refractivity contribution in [1.29, 1.82) is 0 Å². The van der Waals surface area contributed by atoms with Gasteiger partial charge in [0, 0.05) is 6.07 Å². The number of carbonyl (C=O) groups excluding carboxylic acids is 1. The topological polar surface area (TPSA) is 52.3 Å². The van der Waals surface area contributed by atoms with Crippen LogP contribution in [0.2, 0.25) is 0 Å². The van der Waals surface area contributed by atoms with Gasteiger partial charge in [-0.15, -0.1) is 0 Å². The summed E-state index contributed by atoms with van der Waals surface area (Å²) in [6.45, 7) is 3.49. The van der Waals surface area contributed by atoms with Gasteiger partial charge in [0.2, 0.25) is 0 Å². The molecule has 0 saturated carbocycles. The molecule has 1 aromatic carbocycles. The first-order valence-electron chi connectivity index (χ1n) is 4.91. The minimum absolute atomic E-state index is 0.336. The number of ether oxygens (including phenoxy) is 1. The van der Waals surface area contributed by atoms with Crippen molar-refractivity contribution in [3.05, 3.63) is 29.3 Å². The van der Waals surface area contributed by atoms with E-state index in [1.165, 1.54) is 0 Å². The SMILES string of the molecule is CCC(C)OC(=O)c1cc(F)c(N)cc1F. The Morgan fingerprint density at radius 3 is 2.62 bits per heavy atom. The lowest BCUT2D eigenvalue weighted by Gasteiger charge is -2.11. The van der Waals surface area contributed by atoms with E-state index in [-0.39, 0.29) is 11.8 Å². The molecule has 2 N–H and O–H groups in total. The molecule has 0 aliphatic heterocycles. The fourth-order valence-corrected chi connectivity index (χ4v) is 1.05. The van der Waals surface area contributed by atoms with Crippen LogP contribution in [0.25, 0.3) is 0 Å². The van der Waals surface area contributed by atoms with Crippen LogP contribution < -0.4 is 5.73 Å². The zero-order valence-corrected chi connectivity index (χ0v) is 9.09. The molecule has 1 unspecified atom stereocenters. The molecule has 0 aromatic heterocycles. The second kappa shape index (κ2) is 4.92. The first-order chi connectivity index (χ1) is 7.45. The summed E-state index contributed by atoms with van der Waals surface area (Å²) < 4.78 is 31.2. The summed E-state index contributed by atoms with van der Waals surface area (Å²) in [6, 6.07) is 1.51. The molecule has 0 spiro atoms. The van der Waals surface area contributed by atoms with E-state index in [0.717, 1.165) is 12.1 Å². The van der Waals surface area contributed by atoms with E-state index in [9.17, 15) is 13.6 Å². The van der Waals surface area contributed by atoms with Crippen LogP contribution in [0.1, 0.15) is 30.6 Å². The van der Waals surface area contributed by atoms with E-state index in [0.29, 0.717) is 6.42 Å². The number of anilines is 1. The zero-order valence-electron chi connectivity index (χ0n) is 9.09. The highest BCUT2D eigenvalue weighted by Gasteiger charge is 2.17. The molecule has 0 bridgehead atoms. The average molecular weight is 229 g/mol. The maximum atomic E-state index is 13.3. The number of esters is 1. The van der Waals surface area contributed by atoms with Crippen molar-refractivity contribution in [2.24, 2.45) is 0 Å². The molecule has 5 heteroatoms. The highest BCUT2D eigenvalue weighted by Crippen LogP contribution is 2.18. The van der Waals surface area contributed by atoms with E-state index >= 15 is 0 Å². The summed E-state index contributed by atoms with van der Waals surface area (Å²) in [6.07, 6.45) is 0.262. The fourth-order valence-electron chi connectivity index (χ4n) is 1.05. The predicted octanol–water partition coefficient (Wildman–Crippen LogP) is 2.50. The number of halogens is 2. The van der Waals surface area contributed by atoms with Crippen molar-refractivity contribution in [3.63, 3.8) is 0 Å². The quantitative estimate of drug-likeness (QED) is 0.640. The molecule has 0 heterocycles. The molecular weight excluding hydrogens is 216 g/mol. The predicted molar refractivity (Wildman–Crippen MR) is 55.9 cm³/mol. The molecule has 0 aliphatic rings. The maximum absolute atomic E-state index is 13.3. The molecule has 0 fully saturated rings. The first kappa shape index (κ1) is 12.4. The van der Waals surface area contributed by atoms with Crippen molar-refractivity contribution >= 4 is 11.7 Å². The van der Waals surface area contributed by atoms with Gasteiger partial charge in [0.1, 0.15) is 11.6 Å². The number of hydrogen-bond acceptors (Lipinski definition) is 3. The first-order valence-corrected chi connectivity index (χ1v) is 4.91. The molecule has 88 valence electrons. The Morgan fingerprint density at radius 1 is 1.44 bits per heavy atom. The van der Waals surface area contributed by atoms with Crippen molar-refractivity contribution in [2.75, 3.05) is 5.73 Å². The summed E-state index contributed by atoms with van der Waals surface area (Å²) in [5.41, 5.74) is 4.38. The lowest BCUT2D eigenvalue weighted by molar-refractivity contribution is 0.0328. The average Bonchev–Trinajstić information content (AvgIpc) is 2.23. The third kappa shape index (κ3) is 2.68. The number of carbonyl (C=O) groups is 1. The number of hydrogen-bond donors (Lipinski definition) is 1. The minimum atomic E-state index is -0.884. The van der Waals surface area contributed by atoms with Crippen LogP contribution in [0.3, 0.4) is 0 Å². The third-order valence-corrected chi connectivity index (χ3v) is 2.19. The maximum Gasteiger partial charge on any atom is 0.341 e. The van der Waals surface area contributed by atoms with E-state index in [2.05, 4.69) is 0 Å². The van der Waals surface area contributed by atoms with Crippen molar-refractivity contribution in [1.82, 2.24) is 0 Å². The van der Waals surface area contributed by atoms with Crippen LogP contribution in [-0.4, -0.2) is 12.1 Å². The smallest absolute Gasteiger partial charge is 0.341 e. The van der Waals surface area contributed by atoms with Crippen LogP contribution >= 0.6 is 0 Å². The van der Waals surface area contributed by atoms with Crippen LogP contribution in [0, 0.1) is 11.6 Å². The summed E-state index contributed by atoms with van der Waals surface area (Å²) in [5.74, 6) is -2.60. The van der Waals surface area contributed by atoms with Gasteiger partial charge in [0.25, 0.3) is 0 Å². The summed E-state index contributed by atoms with van der Waals surface area (Å²) in [4.78, 5) is 11.4. The van der Waals surface area contributed by atoms with Crippen LogP contribution in [-0.2, 0) is 4.74 Å². The Morgan fingerprint density at radius 2 is 2.06 bits per heavy atom. The molecule has 3 nitrogen and oxygen atoms in total. The number of nitrogen functional groups attached to an aromatic ring is 1. The van der Waals surface area contributed by atoms with Gasteiger partial charge in [-0.1, -0.05) is 6.92 Å². The molecule has 0 aliphatic carbocycles. The number of nitrogens with two attached hydrogens (primary N) is 1.